The number of benzene rings is 1. The topological polar surface area (TPSA) is 105 Å². The zero-order chi connectivity index (χ0) is 14.3. The fraction of sp³-hybridized carbons (Fsp3) is 0.273. The van der Waals surface area contributed by atoms with Gasteiger partial charge in [-0.2, -0.15) is 4.89 Å². The Morgan fingerprint density at radius 2 is 2.21 bits per heavy atom. The van der Waals surface area contributed by atoms with E-state index in [4.69, 9.17) is 4.74 Å². The molecule has 0 saturated carbocycles. The number of non-ortho nitro benzene ring substituents is 1. The van der Waals surface area contributed by atoms with E-state index in [-0.39, 0.29) is 23.6 Å². The molecule has 0 amide bonds. The Hall–Kier alpha value is -2.48. The molecular formula is C11H11NO7. The molecule has 102 valence electrons. The highest BCUT2D eigenvalue weighted by atomic mass is 17.2. The smallest absolute Gasteiger partial charge is 0.379 e. The van der Waals surface area contributed by atoms with Gasteiger partial charge < -0.3 is 4.74 Å². The molecular weight excluding hydrogens is 258 g/mol. The van der Waals surface area contributed by atoms with Crippen molar-refractivity contribution in [3.63, 3.8) is 0 Å². The molecule has 0 unspecified atom stereocenters. The zero-order valence-corrected chi connectivity index (χ0v) is 10.0. The highest BCUT2D eigenvalue weighted by Gasteiger charge is 2.13. The van der Waals surface area contributed by atoms with Gasteiger partial charge >= 0.3 is 5.97 Å². The average Bonchev–Trinajstić information content (AvgIpc) is 2.42. The van der Waals surface area contributed by atoms with Crippen molar-refractivity contribution >= 4 is 17.9 Å². The zero-order valence-electron chi connectivity index (χ0n) is 10.0. The van der Waals surface area contributed by atoms with Crippen LogP contribution in [0.15, 0.2) is 18.2 Å². The largest absolute Gasteiger partial charge is 0.481 e. The minimum Gasteiger partial charge on any atom is -0.481 e. The summed E-state index contributed by atoms with van der Waals surface area (Å²) in [7, 11) is 0. The molecule has 1 rings (SSSR count). The maximum Gasteiger partial charge on any atom is 0.379 e. The fourth-order valence-electron chi connectivity index (χ4n) is 1.16. The summed E-state index contributed by atoms with van der Waals surface area (Å²) < 4.78 is 5.01. The van der Waals surface area contributed by atoms with Crippen LogP contribution in [0.1, 0.15) is 17.3 Å². The predicted molar refractivity (Wildman–Crippen MR) is 61.7 cm³/mol. The van der Waals surface area contributed by atoms with Crippen molar-refractivity contribution in [3.05, 3.63) is 33.9 Å². The molecule has 19 heavy (non-hydrogen) atoms. The van der Waals surface area contributed by atoms with E-state index < -0.39 is 17.5 Å². The van der Waals surface area contributed by atoms with Crippen molar-refractivity contribution in [1.82, 2.24) is 0 Å². The molecule has 8 heteroatoms. The summed E-state index contributed by atoms with van der Waals surface area (Å²) in [5.41, 5.74) is -0.273. The van der Waals surface area contributed by atoms with E-state index in [2.05, 4.69) is 9.78 Å². The first-order valence-corrected chi connectivity index (χ1v) is 5.27. The molecule has 0 spiro atoms. The van der Waals surface area contributed by atoms with Crippen LogP contribution in [0.5, 0.6) is 5.75 Å². The lowest BCUT2D eigenvalue weighted by Crippen LogP contribution is -2.15. The van der Waals surface area contributed by atoms with Gasteiger partial charge in [-0.05, 0) is 13.0 Å². The molecule has 0 heterocycles. The summed E-state index contributed by atoms with van der Waals surface area (Å²) in [4.78, 5) is 40.4. The monoisotopic (exact) mass is 269 g/mol. The normalized spacial score (nSPS) is 9.74. The number of carbonyl (C=O) groups excluding carboxylic acids is 2. The Balaban J connectivity index is 2.70. The number of ether oxygens (including phenoxy) is 1. The van der Waals surface area contributed by atoms with Gasteiger partial charge in [-0.25, -0.2) is 4.79 Å². The fourth-order valence-corrected chi connectivity index (χ4v) is 1.16. The van der Waals surface area contributed by atoms with Crippen LogP contribution < -0.4 is 4.74 Å². The minimum atomic E-state index is -0.781. The van der Waals surface area contributed by atoms with Crippen molar-refractivity contribution in [2.45, 2.75) is 6.92 Å². The van der Waals surface area contributed by atoms with E-state index in [0.29, 0.717) is 6.29 Å². The number of nitro groups is 1. The summed E-state index contributed by atoms with van der Waals surface area (Å²) in [6, 6.07) is 3.45. The number of hydrogen-bond acceptors (Lipinski definition) is 7. The molecule has 1 aromatic rings. The van der Waals surface area contributed by atoms with E-state index in [1.807, 2.05) is 0 Å². The number of rotatable bonds is 7. The molecule has 0 aromatic heterocycles. The maximum absolute atomic E-state index is 11.1. The predicted octanol–water partition coefficient (Wildman–Crippen LogP) is 1.28. The van der Waals surface area contributed by atoms with Crippen molar-refractivity contribution in [2.24, 2.45) is 0 Å². The first kappa shape index (κ1) is 14.6. The number of hydrogen-bond donors (Lipinski definition) is 0. The molecule has 1 aromatic carbocycles. The van der Waals surface area contributed by atoms with Gasteiger partial charge in [0.2, 0.25) is 0 Å². The molecule has 0 saturated heterocycles. The number of nitrogens with zero attached hydrogens (tertiary/aromatic N) is 1. The van der Waals surface area contributed by atoms with Crippen LogP contribution in [0.2, 0.25) is 0 Å². The standard InChI is InChI=1S/C11H11NO7/c1-2-18-19-11(14)7-17-10-4-3-9(12(15)16)5-8(10)6-13/h3-6H,2,7H2,1H3. The van der Waals surface area contributed by atoms with E-state index in [0.717, 1.165) is 12.1 Å². The SMILES string of the molecule is CCOOC(=O)COc1ccc([N+](=O)[O-])cc1C=O. The Kier molecular flexibility index (Phi) is 5.42. The first-order chi connectivity index (χ1) is 9.08. The lowest BCUT2D eigenvalue weighted by atomic mass is 10.2. The van der Waals surface area contributed by atoms with Crippen molar-refractivity contribution in [1.29, 1.82) is 0 Å². The third-order valence-corrected chi connectivity index (χ3v) is 1.95. The lowest BCUT2D eigenvalue weighted by Gasteiger charge is -2.07. The molecule has 0 atom stereocenters. The molecule has 0 radical (unpaired) electrons. The van der Waals surface area contributed by atoms with Crippen LogP contribution >= 0.6 is 0 Å². The van der Waals surface area contributed by atoms with Crippen LogP contribution in [0.4, 0.5) is 5.69 Å². The van der Waals surface area contributed by atoms with Gasteiger partial charge in [0.25, 0.3) is 5.69 Å². The Labute approximate surface area is 108 Å². The van der Waals surface area contributed by atoms with Gasteiger partial charge in [0, 0.05) is 12.1 Å². The highest BCUT2D eigenvalue weighted by molar-refractivity contribution is 5.81. The Morgan fingerprint density at radius 1 is 1.47 bits per heavy atom. The Morgan fingerprint density at radius 3 is 2.79 bits per heavy atom. The van der Waals surface area contributed by atoms with Crippen molar-refractivity contribution in [3.8, 4) is 5.75 Å². The second-order valence-electron chi connectivity index (χ2n) is 3.25. The van der Waals surface area contributed by atoms with Crippen LogP contribution in [0, 0.1) is 10.1 Å². The minimum absolute atomic E-state index is 0.0293. The molecule has 0 fully saturated rings. The first-order valence-electron chi connectivity index (χ1n) is 5.27. The van der Waals surface area contributed by atoms with E-state index in [9.17, 15) is 19.7 Å². The van der Waals surface area contributed by atoms with E-state index in [1.165, 1.54) is 6.07 Å². The summed E-state index contributed by atoms with van der Waals surface area (Å²) >= 11 is 0. The van der Waals surface area contributed by atoms with Gasteiger partial charge in [-0.3, -0.25) is 19.8 Å². The van der Waals surface area contributed by atoms with Gasteiger partial charge in [0.05, 0.1) is 17.1 Å². The summed E-state index contributed by atoms with van der Waals surface area (Å²) in [6.45, 7) is 1.36. The average molecular weight is 269 g/mol. The molecule has 0 aliphatic rings. The number of carbonyl (C=O) groups is 2. The molecule has 0 aliphatic heterocycles. The van der Waals surface area contributed by atoms with E-state index in [1.54, 1.807) is 6.92 Å². The number of nitro benzene ring substituents is 1. The van der Waals surface area contributed by atoms with Crippen LogP contribution in [-0.2, 0) is 14.6 Å². The summed E-state index contributed by atoms with van der Waals surface area (Å²) in [6.07, 6.45) is 0.399. The van der Waals surface area contributed by atoms with Gasteiger partial charge in [0.15, 0.2) is 12.9 Å². The van der Waals surface area contributed by atoms with Crippen molar-refractivity contribution < 1.29 is 29.0 Å². The van der Waals surface area contributed by atoms with Gasteiger partial charge in [-0.1, -0.05) is 0 Å². The van der Waals surface area contributed by atoms with Crippen LogP contribution in [-0.4, -0.2) is 30.4 Å². The third-order valence-electron chi connectivity index (χ3n) is 1.95. The Bertz CT molecular complexity index is 486. The van der Waals surface area contributed by atoms with Gasteiger partial charge in [-0.15, -0.1) is 0 Å². The lowest BCUT2D eigenvalue weighted by molar-refractivity contribution is -0.384. The van der Waals surface area contributed by atoms with Crippen LogP contribution in [0.3, 0.4) is 0 Å². The molecule has 8 nitrogen and oxygen atoms in total. The quantitative estimate of drug-likeness (QED) is 0.317. The van der Waals surface area contributed by atoms with Crippen molar-refractivity contribution in [2.75, 3.05) is 13.2 Å². The number of aldehydes is 1. The summed E-state index contributed by atoms with van der Waals surface area (Å²) in [5, 5.41) is 10.5. The summed E-state index contributed by atoms with van der Waals surface area (Å²) in [5.74, 6) is -0.730. The van der Waals surface area contributed by atoms with E-state index >= 15 is 0 Å². The molecule has 0 N–H and O–H groups in total. The molecule has 0 aliphatic carbocycles. The molecule has 0 bridgehead atoms. The highest BCUT2D eigenvalue weighted by Crippen LogP contribution is 2.22. The second kappa shape index (κ2) is 7.07. The second-order valence-corrected chi connectivity index (χ2v) is 3.25. The third kappa shape index (κ3) is 4.36. The van der Waals surface area contributed by atoms with Gasteiger partial charge in [0.1, 0.15) is 5.75 Å². The van der Waals surface area contributed by atoms with Crippen LogP contribution in [0.25, 0.3) is 0 Å². The maximum atomic E-state index is 11.1.